The molecule has 4 nitrogen and oxygen atoms in total. The highest BCUT2D eigenvalue weighted by Crippen LogP contribution is 2.32. The van der Waals surface area contributed by atoms with E-state index >= 15 is 0 Å². The van der Waals surface area contributed by atoms with E-state index in [1.807, 2.05) is 0 Å². The van der Waals surface area contributed by atoms with Crippen LogP contribution in [0.2, 0.25) is 0 Å². The Bertz CT molecular complexity index is 551. The number of aliphatic hydroxyl groups excluding tert-OH is 1. The van der Waals surface area contributed by atoms with Gasteiger partial charge in [-0.3, -0.25) is 0 Å². The Balaban J connectivity index is 2.40. The summed E-state index contributed by atoms with van der Waals surface area (Å²) >= 11 is 0. The monoisotopic (exact) mass is 260 g/mol. The summed E-state index contributed by atoms with van der Waals surface area (Å²) in [7, 11) is 0. The summed E-state index contributed by atoms with van der Waals surface area (Å²) in [4.78, 5) is 3.90. The van der Waals surface area contributed by atoms with Crippen LogP contribution in [0.5, 0.6) is 0 Å². The molecule has 0 bridgehead atoms. The second kappa shape index (κ2) is 4.58. The van der Waals surface area contributed by atoms with Crippen molar-refractivity contribution < 1.29 is 22.7 Å². The zero-order chi connectivity index (χ0) is 13.3. The van der Waals surface area contributed by atoms with Gasteiger partial charge in [0.15, 0.2) is 5.58 Å². The Morgan fingerprint density at radius 3 is 2.72 bits per heavy atom. The fraction of sp³-hybridized carbons (Fsp3) is 0.364. The average Bonchev–Trinajstić information content (AvgIpc) is 2.70. The van der Waals surface area contributed by atoms with Gasteiger partial charge in [-0.25, -0.2) is 4.98 Å². The SMILES string of the molecule is NC(CCO)c1nc2cc(C(F)(F)F)ccc2o1. The average molecular weight is 260 g/mol. The van der Waals surface area contributed by atoms with E-state index in [-0.39, 0.29) is 30.0 Å². The van der Waals surface area contributed by atoms with Gasteiger partial charge in [0.05, 0.1) is 11.6 Å². The number of nitrogens with two attached hydrogens (primary N) is 1. The van der Waals surface area contributed by atoms with Gasteiger partial charge in [-0.2, -0.15) is 13.2 Å². The molecule has 3 N–H and O–H groups in total. The maximum absolute atomic E-state index is 12.5. The summed E-state index contributed by atoms with van der Waals surface area (Å²) in [5.41, 5.74) is 5.22. The van der Waals surface area contributed by atoms with Crippen LogP contribution in [0.15, 0.2) is 22.6 Å². The fourth-order valence-electron chi connectivity index (χ4n) is 1.54. The standard InChI is InChI=1S/C11H11F3N2O2/c12-11(13,14)6-1-2-9-8(5-6)16-10(18-9)7(15)3-4-17/h1-2,5,7,17H,3-4,15H2. The third-order valence-corrected chi connectivity index (χ3v) is 2.49. The van der Waals surface area contributed by atoms with Crippen molar-refractivity contribution in [3.8, 4) is 0 Å². The van der Waals surface area contributed by atoms with Gasteiger partial charge in [0, 0.05) is 6.61 Å². The molecule has 0 amide bonds. The number of hydrogen-bond acceptors (Lipinski definition) is 4. The largest absolute Gasteiger partial charge is 0.439 e. The second-order valence-electron chi connectivity index (χ2n) is 3.85. The molecule has 98 valence electrons. The van der Waals surface area contributed by atoms with E-state index in [1.54, 1.807) is 0 Å². The van der Waals surface area contributed by atoms with Crippen molar-refractivity contribution in [3.05, 3.63) is 29.7 Å². The van der Waals surface area contributed by atoms with Crippen LogP contribution in [-0.4, -0.2) is 16.7 Å². The topological polar surface area (TPSA) is 72.3 Å². The molecule has 1 aromatic carbocycles. The number of benzene rings is 1. The number of alkyl halides is 3. The minimum Gasteiger partial charge on any atom is -0.439 e. The molecular formula is C11H11F3N2O2. The molecule has 0 aliphatic heterocycles. The summed E-state index contributed by atoms with van der Waals surface area (Å²) in [5.74, 6) is 0.123. The number of nitrogens with zero attached hydrogens (tertiary/aromatic N) is 1. The minimum atomic E-state index is -4.42. The van der Waals surface area contributed by atoms with Crippen molar-refractivity contribution in [3.63, 3.8) is 0 Å². The number of aromatic nitrogens is 1. The first-order valence-electron chi connectivity index (χ1n) is 5.26. The van der Waals surface area contributed by atoms with Crippen LogP contribution in [0.3, 0.4) is 0 Å². The summed E-state index contributed by atoms with van der Waals surface area (Å²) in [6.07, 6.45) is -4.18. The van der Waals surface area contributed by atoms with Crippen molar-refractivity contribution in [1.82, 2.24) is 4.98 Å². The highest BCUT2D eigenvalue weighted by Gasteiger charge is 2.31. The van der Waals surface area contributed by atoms with Gasteiger partial charge >= 0.3 is 6.18 Å². The molecule has 0 saturated heterocycles. The summed E-state index contributed by atoms with van der Waals surface area (Å²) in [6.45, 7) is -0.145. The molecule has 0 spiro atoms. The van der Waals surface area contributed by atoms with Crippen LogP contribution in [0.4, 0.5) is 13.2 Å². The first-order chi connectivity index (χ1) is 8.41. The normalized spacial score (nSPS) is 14.1. The van der Waals surface area contributed by atoms with Gasteiger partial charge in [0.25, 0.3) is 0 Å². The van der Waals surface area contributed by atoms with E-state index in [9.17, 15) is 13.2 Å². The van der Waals surface area contributed by atoms with E-state index in [2.05, 4.69) is 4.98 Å². The third-order valence-electron chi connectivity index (χ3n) is 2.49. The lowest BCUT2D eigenvalue weighted by Crippen LogP contribution is -2.12. The first kappa shape index (κ1) is 12.8. The zero-order valence-electron chi connectivity index (χ0n) is 9.24. The van der Waals surface area contributed by atoms with Crippen molar-refractivity contribution in [2.45, 2.75) is 18.6 Å². The predicted molar refractivity (Wildman–Crippen MR) is 57.6 cm³/mol. The van der Waals surface area contributed by atoms with Crippen molar-refractivity contribution in [2.24, 2.45) is 5.73 Å². The van der Waals surface area contributed by atoms with E-state index in [0.29, 0.717) is 0 Å². The molecular weight excluding hydrogens is 249 g/mol. The molecule has 18 heavy (non-hydrogen) atoms. The van der Waals surface area contributed by atoms with Gasteiger partial charge < -0.3 is 15.3 Å². The van der Waals surface area contributed by atoms with E-state index in [0.717, 1.165) is 12.1 Å². The fourth-order valence-corrected chi connectivity index (χ4v) is 1.54. The Labute approximate surface area is 100 Å². The molecule has 1 atom stereocenters. The van der Waals surface area contributed by atoms with Crippen molar-refractivity contribution >= 4 is 11.1 Å². The van der Waals surface area contributed by atoms with Crippen molar-refractivity contribution in [2.75, 3.05) is 6.61 Å². The van der Waals surface area contributed by atoms with E-state index in [1.165, 1.54) is 6.07 Å². The molecule has 7 heteroatoms. The Morgan fingerprint density at radius 1 is 1.39 bits per heavy atom. The smallest absolute Gasteiger partial charge is 0.416 e. The summed E-state index contributed by atoms with van der Waals surface area (Å²) in [6, 6.07) is 2.42. The van der Waals surface area contributed by atoms with Gasteiger partial charge in [0.2, 0.25) is 5.89 Å². The lowest BCUT2D eigenvalue weighted by atomic mass is 10.2. The molecule has 0 saturated carbocycles. The Kier molecular flexibility index (Phi) is 3.27. The lowest BCUT2D eigenvalue weighted by Gasteiger charge is -2.04. The van der Waals surface area contributed by atoms with Crippen LogP contribution in [0, 0.1) is 0 Å². The molecule has 1 heterocycles. The highest BCUT2D eigenvalue weighted by molar-refractivity contribution is 5.73. The number of rotatable bonds is 3. The number of oxazole rings is 1. The number of fused-ring (bicyclic) bond motifs is 1. The van der Waals surface area contributed by atoms with Gasteiger partial charge in [-0.1, -0.05) is 0 Å². The molecule has 0 radical (unpaired) electrons. The second-order valence-corrected chi connectivity index (χ2v) is 3.85. The number of halogens is 3. The number of aliphatic hydroxyl groups is 1. The van der Waals surface area contributed by atoms with E-state index in [4.69, 9.17) is 15.3 Å². The quantitative estimate of drug-likeness (QED) is 0.887. The van der Waals surface area contributed by atoms with Gasteiger partial charge in [-0.05, 0) is 24.6 Å². The first-order valence-corrected chi connectivity index (χ1v) is 5.26. The molecule has 2 rings (SSSR count). The van der Waals surface area contributed by atoms with Crippen LogP contribution in [0.1, 0.15) is 23.9 Å². The Morgan fingerprint density at radius 2 is 2.11 bits per heavy atom. The van der Waals surface area contributed by atoms with Crippen LogP contribution < -0.4 is 5.73 Å². The summed E-state index contributed by atoms with van der Waals surface area (Å²) < 4.78 is 42.7. The van der Waals surface area contributed by atoms with E-state index < -0.39 is 17.8 Å². The van der Waals surface area contributed by atoms with Crippen LogP contribution in [-0.2, 0) is 6.18 Å². The lowest BCUT2D eigenvalue weighted by molar-refractivity contribution is -0.137. The Hall–Kier alpha value is -1.60. The highest BCUT2D eigenvalue weighted by atomic mass is 19.4. The summed E-state index contributed by atoms with van der Waals surface area (Å²) in [5, 5.41) is 8.73. The maximum atomic E-state index is 12.5. The molecule has 0 aliphatic rings. The van der Waals surface area contributed by atoms with Gasteiger partial charge in [-0.15, -0.1) is 0 Å². The van der Waals surface area contributed by atoms with Gasteiger partial charge in [0.1, 0.15) is 5.52 Å². The molecule has 0 aliphatic carbocycles. The third kappa shape index (κ3) is 2.46. The minimum absolute atomic E-state index is 0.105. The number of hydrogen-bond donors (Lipinski definition) is 2. The molecule has 2 aromatic rings. The predicted octanol–water partition coefficient (Wildman–Crippen LogP) is 2.23. The van der Waals surface area contributed by atoms with Crippen LogP contribution in [0.25, 0.3) is 11.1 Å². The molecule has 1 unspecified atom stereocenters. The van der Waals surface area contributed by atoms with Crippen molar-refractivity contribution in [1.29, 1.82) is 0 Å². The van der Waals surface area contributed by atoms with Crippen LogP contribution >= 0.6 is 0 Å². The molecule has 0 fully saturated rings. The zero-order valence-corrected chi connectivity index (χ0v) is 9.24. The maximum Gasteiger partial charge on any atom is 0.416 e. The molecule has 1 aromatic heterocycles.